The van der Waals surface area contributed by atoms with Gasteiger partial charge in [0, 0.05) is 12.8 Å². The minimum Gasteiger partial charge on any atom is -0.462 e. The number of hydrogen-bond acceptors (Lipinski definition) is 10. The van der Waals surface area contributed by atoms with Crippen LogP contribution in [0.25, 0.3) is 0 Å². The Bertz CT molecular complexity index is 1070. The van der Waals surface area contributed by atoms with E-state index in [0.717, 1.165) is 70.6 Å². The van der Waals surface area contributed by atoms with Crippen molar-refractivity contribution < 1.29 is 49.0 Å². The zero-order chi connectivity index (χ0) is 41.6. The van der Waals surface area contributed by atoms with Crippen LogP contribution in [0, 0.1) is 0 Å². The van der Waals surface area contributed by atoms with Gasteiger partial charge in [-0.25, -0.2) is 0 Å². The van der Waals surface area contributed by atoms with Crippen LogP contribution in [0.4, 0.5) is 0 Å². The molecule has 10 heteroatoms. The summed E-state index contributed by atoms with van der Waals surface area (Å²) < 4.78 is 22.1. The van der Waals surface area contributed by atoms with E-state index in [9.17, 15) is 30.0 Å². The monoisotopic (exact) mass is 807 g/mol. The van der Waals surface area contributed by atoms with Crippen LogP contribution in [0.3, 0.4) is 0 Å². The fourth-order valence-electron chi connectivity index (χ4n) is 6.65. The van der Waals surface area contributed by atoms with Gasteiger partial charge < -0.3 is 39.4 Å². The molecule has 330 valence electrons. The van der Waals surface area contributed by atoms with Gasteiger partial charge in [-0.15, -0.1) is 0 Å². The topological polar surface area (TPSA) is 152 Å². The van der Waals surface area contributed by atoms with Crippen molar-refractivity contribution >= 4 is 11.9 Å². The molecule has 0 bridgehead atoms. The Balaban J connectivity index is 2.31. The minimum atomic E-state index is -1.60. The predicted octanol–water partition coefficient (Wildman–Crippen LogP) is 9.67. The largest absolute Gasteiger partial charge is 0.462 e. The molecule has 1 aliphatic rings. The van der Waals surface area contributed by atoms with Gasteiger partial charge in [0.25, 0.3) is 0 Å². The van der Waals surface area contributed by atoms with E-state index in [-0.39, 0.29) is 32.0 Å². The lowest BCUT2D eigenvalue weighted by atomic mass is 9.99. The Morgan fingerprint density at radius 1 is 0.561 bits per heavy atom. The molecule has 0 aliphatic carbocycles. The van der Waals surface area contributed by atoms with Crippen molar-refractivity contribution in [2.75, 3.05) is 19.8 Å². The second-order valence-electron chi connectivity index (χ2n) is 15.5. The summed E-state index contributed by atoms with van der Waals surface area (Å²) in [7, 11) is 0. The smallest absolute Gasteiger partial charge is 0.306 e. The molecule has 0 aromatic rings. The van der Waals surface area contributed by atoms with Crippen molar-refractivity contribution in [1.29, 1.82) is 0 Å². The predicted molar refractivity (Wildman–Crippen MR) is 229 cm³/mol. The lowest BCUT2D eigenvalue weighted by Crippen LogP contribution is -2.59. The van der Waals surface area contributed by atoms with Gasteiger partial charge in [-0.1, -0.05) is 159 Å². The van der Waals surface area contributed by atoms with Crippen molar-refractivity contribution in [2.24, 2.45) is 0 Å². The molecule has 1 aliphatic heterocycles. The van der Waals surface area contributed by atoms with Crippen LogP contribution in [0.15, 0.2) is 48.6 Å². The summed E-state index contributed by atoms with van der Waals surface area (Å²) in [4.78, 5) is 25.3. The van der Waals surface area contributed by atoms with Crippen LogP contribution in [-0.4, -0.2) is 89.0 Å². The molecule has 0 spiro atoms. The van der Waals surface area contributed by atoms with Gasteiger partial charge in [0.1, 0.15) is 31.0 Å². The van der Waals surface area contributed by atoms with Gasteiger partial charge in [0.2, 0.25) is 0 Å². The van der Waals surface area contributed by atoms with E-state index in [1.165, 1.54) is 77.0 Å². The van der Waals surface area contributed by atoms with Gasteiger partial charge in [-0.2, -0.15) is 0 Å². The maximum atomic E-state index is 12.7. The fraction of sp³-hybridized carbons (Fsp3) is 0.787. The minimum absolute atomic E-state index is 0.205. The standard InChI is InChI=1S/C47H82O10/c1-3-5-7-9-11-13-15-17-18-19-20-21-22-24-25-27-29-31-33-35-42(49)54-38-40(39-55-47-46(53)45(52)44(51)41(37-48)57-47)56-43(50)36-34-32-30-28-26-23-16-14-12-10-8-6-4-2/h6,8,10,12,14,16,19-20,40-41,44-48,51-53H,3-5,7,9,11,13,15,17-18,21-39H2,1-2H3/b8-6+,12-10+,16-14+,20-19+/t40?,41-,44+,45?,46?,47-/m0/s1. The molecule has 0 radical (unpaired) electrons. The molecule has 6 atom stereocenters. The van der Waals surface area contributed by atoms with Crippen molar-refractivity contribution in [3.05, 3.63) is 48.6 Å². The second kappa shape index (κ2) is 37.9. The van der Waals surface area contributed by atoms with Crippen LogP contribution in [0.1, 0.15) is 181 Å². The van der Waals surface area contributed by atoms with Gasteiger partial charge in [-0.05, 0) is 57.8 Å². The first-order valence-electron chi connectivity index (χ1n) is 22.7. The maximum absolute atomic E-state index is 12.7. The molecule has 0 saturated carbocycles. The van der Waals surface area contributed by atoms with Crippen molar-refractivity contribution in [3.8, 4) is 0 Å². The molecular weight excluding hydrogens is 725 g/mol. The van der Waals surface area contributed by atoms with E-state index in [0.29, 0.717) is 6.42 Å². The molecular formula is C47H82O10. The zero-order valence-corrected chi connectivity index (χ0v) is 35.8. The van der Waals surface area contributed by atoms with Crippen LogP contribution in [-0.2, 0) is 28.5 Å². The molecule has 10 nitrogen and oxygen atoms in total. The van der Waals surface area contributed by atoms with E-state index in [2.05, 4.69) is 44.2 Å². The Hall–Kier alpha value is -2.34. The molecule has 0 aromatic heterocycles. The highest BCUT2D eigenvalue weighted by atomic mass is 16.7. The molecule has 4 N–H and O–H groups in total. The third-order valence-electron chi connectivity index (χ3n) is 10.3. The summed E-state index contributed by atoms with van der Waals surface area (Å²) in [6.07, 6.45) is 36.9. The van der Waals surface area contributed by atoms with Gasteiger partial charge in [0.15, 0.2) is 12.4 Å². The first-order valence-corrected chi connectivity index (χ1v) is 22.7. The summed E-state index contributed by atoms with van der Waals surface area (Å²) in [6.45, 7) is 3.26. The number of carbonyl (C=O) groups excluding carboxylic acids is 2. The molecule has 1 fully saturated rings. The van der Waals surface area contributed by atoms with Crippen molar-refractivity contribution in [3.63, 3.8) is 0 Å². The SMILES string of the molecule is CC/C=C/C=C/C=C/CCCCCCCC(=O)OC(COC(=O)CCCCCCCCC/C=C/CCCCCCCCCC)CO[C@H]1O[C@@H](CO)[C@@H](O)C(O)C1O. The maximum Gasteiger partial charge on any atom is 0.306 e. The lowest BCUT2D eigenvalue weighted by Gasteiger charge is -2.39. The molecule has 1 rings (SSSR count). The molecule has 0 amide bonds. The van der Waals surface area contributed by atoms with E-state index in [1.807, 2.05) is 18.2 Å². The zero-order valence-electron chi connectivity index (χ0n) is 35.8. The van der Waals surface area contributed by atoms with E-state index >= 15 is 0 Å². The third kappa shape index (κ3) is 29.5. The normalized spacial score (nSPS) is 20.7. The summed E-state index contributed by atoms with van der Waals surface area (Å²) in [5, 5.41) is 40.0. The molecule has 1 heterocycles. The number of ether oxygens (including phenoxy) is 4. The van der Waals surface area contributed by atoms with Crippen molar-refractivity contribution in [2.45, 2.75) is 218 Å². The highest BCUT2D eigenvalue weighted by Crippen LogP contribution is 2.22. The molecule has 0 aromatic carbocycles. The van der Waals surface area contributed by atoms with Crippen LogP contribution in [0.2, 0.25) is 0 Å². The molecule has 3 unspecified atom stereocenters. The number of esters is 2. The third-order valence-corrected chi connectivity index (χ3v) is 10.3. The Morgan fingerprint density at radius 2 is 1.05 bits per heavy atom. The number of aliphatic hydroxyl groups excluding tert-OH is 4. The van der Waals surface area contributed by atoms with E-state index < -0.39 is 49.4 Å². The summed E-state index contributed by atoms with van der Waals surface area (Å²) >= 11 is 0. The van der Waals surface area contributed by atoms with Crippen LogP contribution < -0.4 is 0 Å². The summed E-state index contributed by atoms with van der Waals surface area (Å²) in [5.41, 5.74) is 0. The molecule has 1 saturated heterocycles. The number of rotatable bonds is 37. The number of aliphatic hydroxyl groups is 4. The van der Waals surface area contributed by atoms with Gasteiger partial charge in [-0.3, -0.25) is 9.59 Å². The Kier molecular flexibility index (Phi) is 35.0. The highest BCUT2D eigenvalue weighted by molar-refractivity contribution is 5.70. The lowest BCUT2D eigenvalue weighted by molar-refractivity contribution is -0.305. The number of unbranched alkanes of at least 4 members (excludes halogenated alkanes) is 20. The number of allylic oxidation sites excluding steroid dienone is 8. The summed E-state index contributed by atoms with van der Waals surface area (Å²) in [6, 6.07) is 0. The molecule has 57 heavy (non-hydrogen) atoms. The Morgan fingerprint density at radius 3 is 1.60 bits per heavy atom. The first kappa shape index (κ1) is 52.7. The van der Waals surface area contributed by atoms with E-state index in [4.69, 9.17) is 18.9 Å². The summed E-state index contributed by atoms with van der Waals surface area (Å²) in [5.74, 6) is -0.836. The average Bonchev–Trinajstić information content (AvgIpc) is 3.21. The quantitative estimate of drug-likeness (QED) is 0.0207. The van der Waals surface area contributed by atoms with Gasteiger partial charge >= 0.3 is 11.9 Å². The highest BCUT2D eigenvalue weighted by Gasteiger charge is 2.44. The van der Waals surface area contributed by atoms with Gasteiger partial charge in [0.05, 0.1) is 13.2 Å². The number of hydrogen-bond donors (Lipinski definition) is 4. The van der Waals surface area contributed by atoms with Crippen LogP contribution in [0.5, 0.6) is 0 Å². The first-order chi connectivity index (χ1) is 27.8. The van der Waals surface area contributed by atoms with E-state index in [1.54, 1.807) is 0 Å². The number of carbonyl (C=O) groups is 2. The van der Waals surface area contributed by atoms with Crippen LogP contribution >= 0.6 is 0 Å². The second-order valence-corrected chi connectivity index (χ2v) is 15.5. The fourth-order valence-corrected chi connectivity index (χ4v) is 6.65. The van der Waals surface area contributed by atoms with Crippen molar-refractivity contribution in [1.82, 2.24) is 0 Å². The average molecular weight is 807 g/mol. The Labute approximate surface area is 346 Å².